The first-order valence-corrected chi connectivity index (χ1v) is 12.3. The summed E-state index contributed by atoms with van der Waals surface area (Å²) in [5.41, 5.74) is -0.209. The van der Waals surface area contributed by atoms with Crippen molar-refractivity contribution in [1.82, 2.24) is 9.21 Å². The zero-order chi connectivity index (χ0) is 19.5. The van der Waals surface area contributed by atoms with E-state index in [0.29, 0.717) is 32.8 Å². The molecule has 1 saturated heterocycles. The van der Waals surface area contributed by atoms with Gasteiger partial charge in [-0.2, -0.15) is 0 Å². The van der Waals surface area contributed by atoms with Gasteiger partial charge in [0, 0.05) is 31.6 Å². The quantitative estimate of drug-likeness (QED) is 0.688. The number of carbonyl (C=O) groups is 1. The Morgan fingerprint density at radius 3 is 2.70 bits per heavy atom. The van der Waals surface area contributed by atoms with E-state index in [0.717, 1.165) is 30.6 Å². The lowest BCUT2D eigenvalue weighted by atomic mass is 9.67. The highest BCUT2D eigenvalue weighted by Gasteiger charge is 2.53. The van der Waals surface area contributed by atoms with Crippen molar-refractivity contribution < 1.29 is 17.9 Å². The monoisotopic (exact) mass is 414 g/mol. The van der Waals surface area contributed by atoms with Gasteiger partial charge in [-0.1, -0.05) is 25.3 Å². The molecule has 1 aliphatic heterocycles. The van der Waals surface area contributed by atoms with E-state index in [2.05, 4.69) is 0 Å². The maximum absolute atomic E-state index is 13.6. The Morgan fingerprint density at radius 1 is 1.37 bits per heavy atom. The second-order valence-electron chi connectivity index (χ2n) is 7.86. The minimum atomic E-state index is -3.30. The molecule has 3 rings (SSSR count). The van der Waals surface area contributed by atoms with Crippen LogP contribution in [0, 0.1) is 11.3 Å². The number of carbonyl (C=O) groups excluding carboxylic acids is 1. The lowest BCUT2D eigenvalue weighted by Gasteiger charge is -2.39. The highest BCUT2D eigenvalue weighted by molar-refractivity contribution is 7.88. The Bertz CT molecular complexity index is 727. The minimum Gasteiger partial charge on any atom is -0.383 e. The van der Waals surface area contributed by atoms with Gasteiger partial charge < -0.3 is 9.64 Å². The topological polar surface area (TPSA) is 66.9 Å². The lowest BCUT2D eigenvalue weighted by Crippen LogP contribution is -2.45. The molecular formula is C19H30N2O4S2. The van der Waals surface area contributed by atoms with Crippen LogP contribution in [0.5, 0.6) is 0 Å². The molecule has 2 fully saturated rings. The fourth-order valence-corrected chi connectivity index (χ4v) is 6.19. The van der Waals surface area contributed by atoms with Gasteiger partial charge in [-0.05, 0) is 29.7 Å². The number of rotatable bonds is 7. The van der Waals surface area contributed by atoms with Crippen molar-refractivity contribution >= 4 is 27.3 Å². The van der Waals surface area contributed by atoms with Crippen LogP contribution in [0.4, 0.5) is 0 Å². The molecule has 1 amide bonds. The fourth-order valence-electron chi connectivity index (χ4n) is 4.56. The molecule has 2 aliphatic rings. The Hall–Kier alpha value is -0.960. The summed E-state index contributed by atoms with van der Waals surface area (Å²) in [5, 5.41) is 2.01. The van der Waals surface area contributed by atoms with Gasteiger partial charge in [0.1, 0.15) is 0 Å². The van der Waals surface area contributed by atoms with Gasteiger partial charge in [0.2, 0.25) is 15.9 Å². The van der Waals surface area contributed by atoms with E-state index >= 15 is 0 Å². The fraction of sp³-hybridized carbons (Fsp3) is 0.737. The third-order valence-corrected chi connectivity index (χ3v) is 8.11. The van der Waals surface area contributed by atoms with Crippen molar-refractivity contribution in [2.45, 2.75) is 38.6 Å². The van der Waals surface area contributed by atoms with Crippen LogP contribution in [0.25, 0.3) is 0 Å². The summed E-state index contributed by atoms with van der Waals surface area (Å²) in [5.74, 6) is -0.183. The van der Waals surface area contributed by atoms with Crippen LogP contribution in [0.2, 0.25) is 0 Å². The molecule has 1 atom stereocenters. The largest absolute Gasteiger partial charge is 0.383 e. The molecule has 0 radical (unpaired) electrons. The van der Waals surface area contributed by atoms with Crippen LogP contribution in [0.1, 0.15) is 37.0 Å². The molecular weight excluding hydrogens is 384 g/mol. The highest BCUT2D eigenvalue weighted by Crippen LogP contribution is 2.48. The molecule has 1 spiro atoms. The van der Waals surface area contributed by atoms with E-state index in [1.54, 1.807) is 18.4 Å². The Kier molecular flexibility index (Phi) is 6.61. The average molecular weight is 415 g/mol. The Morgan fingerprint density at radius 2 is 2.11 bits per heavy atom. The number of thiophene rings is 1. The molecule has 2 heterocycles. The number of hydrogen-bond donors (Lipinski definition) is 0. The van der Waals surface area contributed by atoms with E-state index in [4.69, 9.17) is 4.74 Å². The van der Waals surface area contributed by atoms with E-state index in [1.807, 2.05) is 22.4 Å². The van der Waals surface area contributed by atoms with E-state index < -0.39 is 10.0 Å². The van der Waals surface area contributed by atoms with Crippen molar-refractivity contribution in [2.24, 2.45) is 11.3 Å². The van der Waals surface area contributed by atoms with Crippen LogP contribution in [-0.4, -0.2) is 63.1 Å². The van der Waals surface area contributed by atoms with Crippen LogP contribution >= 0.6 is 11.3 Å². The van der Waals surface area contributed by atoms with Crippen LogP contribution in [-0.2, 0) is 26.1 Å². The molecule has 0 bridgehead atoms. The third-order valence-electron chi connectivity index (χ3n) is 6.04. The van der Waals surface area contributed by atoms with E-state index in [1.165, 1.54) is 17.0 Å². The van der Waals surface area contributed by atoms with Crippen LogP contribution in [0.15, 0.2) is 17.5 Å². The standard InChI is InChI=1S/C19H30N2O4S2/c1-25-11-10-20(13-16-7-6-12-26-16)18(22)17-14-21(27(2,23)24)15-19(17)8-4-3-5-9-19/h6-7,12,17H,3-5,8-11,13-15H2,1-2H3. The molecule has 27 heavy (non-hydrogen) atoms. The van der Waals surface area contributed by atoms with Crippen LogP contribution < -0.4 is 0 Å². The summed E-state index contributed by atoms with van der Waals surface area (Å²) < 4.78 is 31.2. The van der Waals surface area contributed by atoms with Gasteiger partial charge in [-0.15, -0.1) is 11.3 Å². The second kappa shape index (κ2) is 8.59. The van der Waals surface area contributed by atoms with Crippen molar-refractivity contribution in [3.63, 3.8) is 0 Å². The smallest absolute Gasteiger partial charge is 0.228 e. The summed E-state index contributed by atoms with van der Waals surface area (Å²) >= 11 is 1.64. The summed E-state index contributed by atoms with van der Waals surface area (Å²) in [4.78, 5) is 16.6. The van der Waals surface area contributed by atoms with Gasteiger partial charge >= 0.3 is 0 Å². The highest BCUT2D eigenvalue weighted by atomic mass is 32.2. The predicted octanol–water partition coefficient (Wildman–Crippen LogP) is 2.57. The van der Waals surface area contributed by atoms with Crippen LogP contribution in [0.3, 0.4) is 0 Å². The van der Waals surface area contributed by atoms with Crippen molar-refractivity contribution in [3.05, 3.63) is 22.4 Å². The second-order valence-corrected chi connectivity index (χ2v) is 10.9. The average Bonchev–Trinajstić information content (AvgIpc) is 3.26. The summed E-state index contributed by atoms with van der Waals surface area (Å²) in [6, 6.07) is 4.02. The molecule has 1 aromatic heterocycles. The normalized spacial score (nSPS) is 23.0. The van der Waals surface area contributed by atoms with Crippen molar-refractivity contribution in [3.8, 4) is 0 Å². The first-order valence-electron chi connectivity index (χ1n) is 9.61. The SMILES string of the molecule is COCCN(Cc1cccs1)C(=O)C1CN(S(C)(=O)=O)CC12CCCCC2. The first-order chi connectivity index (χ1) is 12.9. The number of hydrogen-bond acceptors (Lipinski definition) is 5. The van der Waals surface area contributed by atoms with Gasteiger partial charge in [-0.3, -0.25) is 4.79 Å². The lowest BCUT2D eigenvalue weighted by molar-refractivity contribution is -0.140. The summed E-state index contributed by atoms with van der Waals surface area (Å²) in [6.45, 7) is 2.36. The zero-order valence-electron chi connectivity index (χ0n) is 16.2. The first kappa shape index (κ1) is 20.8. The van der Waals surface area contributed by atoms with Crippen molar-refractivity contribution in [2.75, 3.05) is 39.6 Å². The maximum atomic E-state index is 13.6. The summed E-state index contributed by atoms with van der Waals surface area (Å²) in [6.07, 6.45) is 6.45. The number of ether oxygens (including phenoxy) is 1. The number of methoxy groups -OCH3 is 1. The molecule has 6 nitrogen and oxygen atoms in total. The van der Waals surface area contributed by atoms with Gasteiger partial charge in [0.15, 0.2) is 0 Å². The zero-order valence-corrected chi connectivity index (χ0v) is 17.9. The maximum Gasteiger partial charge on any atom is 0.228 e. The predicted molar refractivity (Wildman–Crippen MR) is 107 cm³/mol. The van der Waals surface area contributed by atoms with Gasteiger partial charge in [0.05, 0.1) is 25.3 Å². The van der Waals surface area contributed by atoms with Gasteiger partial charge in [-0.25, -0.2) is 12.7 Å². The molecule has 0 N–H and O–H groups in total. The molecule has 1 saturated carbocycles. The molecule has 152 valence electrons. The molecule has 8 heteroatoms. The molecule has 1 aliphatic carbocycles. The van der Waals surface area contributed by atoms with E-state index in [9.17, 15) is 13.2 Å². The molecule has 1 aromatic rings. The number of nitrogens with zero attached hydrogens (tertiary/aromatic N) is 2. The Balaban J connectivity index is 1.85. The molecule has 1 unspecified atom stereocenters. The summed E-state index contributed by atoms with van der Waals surface area (Å²) in [7, 11) is -1.66. The Labute approximate surface area is 166 Å². The number of amides is 1. The van der Waals surface area contributed by atoms with E-state index in [-0.39, 0.29) is 17.2 Å². The van der Waals surface area contributed by atoms with Gasteiger partial charge in [0.25, 0.3) is 0 Å². The minimum absolute atomic E-state index is 0.0773. The van der Waals surface area contributed by atoms with Crippen molar-refractivity contribution in [1.29, 1.82) is 0 Å². The third kappa shape index (κ3) is 4.72. The number of sulfonamides is 1. The molecule has 0 aromatic carbocycles.